The summed E-state index contributed by atoms with van der Waals surface area (Å²) in [6.07, 6.45) is 3.23. The highest BCUT2D eigenvalue weighted by molar-refractivity contribution is 5.91. The lowest BCUT2D eigenvalue weighted by molar-refractivity contribution is -0.0855. The number of hydrogen-bond donors (Lipinski definition) is 1. The van der Waals surface area contributed by atoms with Crippen molar-refractivity contribution >= 4 is 5.84 Å². The molecule has 43 heavy (non-hydrogen) atoms. The van der Waals surface area contributed by atoms with Crippen molar-refractivity contribution in [1.29, 1.82) is 0 Å². The maximum absolute atomic E-state index is 7.25. The fourth-order valence-corrected chi connectivity index (χ4v) is 6.82. The Morgan fingerprint density at radius 3 is 2.09 bits per heavy atom. The second kappa shape index (κ2) is 12.2. The molecule has 2 heterocycles. The Bertz CT molecular complexity index is 1440. The Morgan fingerprint density at radius 1 is 0.884 bits per heavy atom. The highest BCUT2D eigenvalue weighted by Crippen LogP contribution is 2.70. The summed E-state index contributed by atoms with van der Waals surface area (Å²) < 4.78 is 24.4. The molecule has 0 saturated heterocycles. The Kier molecular flexibility index (Phi) is 8.62. The molecule has 3 unspecified atom stereocenters. The summed E-state index contributed by atoms with van der Waals surface area (Å²) in [6.45, 7) is 0. The smallest absolute Gasteiger partial charge is 0.170 e. The van der Waals surface area contributed by atoms with Gasteiger partial charge in [-0.1, -0.05) is 42.5 Å². The molecule has 228 valence electrons. The van der Waals surface area contributed by atoms with Gasteiger partial charge in [-0.15, -0.1) is 0 Å². The molecule has 0 radical (unpaired) electrons. The number of ether oxygens (including phenoxy) is 4. The van der Waals surface area contributed by atoms with Crippen molar-refractivity contribution in [1.82, 2.24) is 10.4 Å². The minimum Gasteiger partial charge on any atom is -0.497 e. The summed E-state index contributed by atoms with van der Waals surface area (Å²) in [7, 11) is 10.4. The molecule has 0 amide bonds. The topological polar surface area (TPSA) is 108 Å². The van der Waals surface area contributed by atoms with E-state index in [0.717, 1.165) is 40.6 Å². The fourth-order valence-electron chi connectivity index (χ4n) is 6.82. The SMILES string of the molecule is CON(C)C.COc1ccc(C23Oc4cc(OC)cc(OC)c4[C@@]24NC(C2CC2)=NC4CC3c2ccccc2)cc1.O=O. The molecule has 2 saturated carbocycles. The van der Waals surface area contributed by atoms with Crippen LogP contribution in [0.3, 0.4) is 0 Å². The van der Waals surface area contributed by atoms with E-state index in [2.05, 4.69) is 52.6 Å². The van der Waals surface area contributed by atoms with E-state index in [1.54, 1.807) is 33.5 Å². The van der Waals surface area contributed by atoms with E-state index in [9.17, 15) is 0 Å². The van der Waals surface area contributed by atoms with E-state index in [1.165, 1.54) is 18.4 Å². The number of methoxy groups -OCH3 is 3. The second-order valence-electron chi connectivity index (χ2n) is 11.2. The minimum absolute atomic E-state index is 0.00366. The van der Waals surface area contributed by atoms with Crippen molar-refractivity contribution in [3.63, 3.8) is 0 Å². The van der Waals surface area contributed by atoms with E-state index in [0.29, 0.717) is 11.7 Å². The minimum atomic E-state index is -0.743. The predicted octanol–water partition coefficient (Wildman–Crippen LogP) is 5.34. The van der Waals surface area contributed by atoms with Crippen molar-refractivity contribution in [2.24, 2.45) is 10.9 Å². The van der Waals surface area contributed by atoms with Crippen molar-refractivity contribution in [2.45, 2.75) is 42.4 Å². The lowest BCUT2D eigenvalue weighted by Crippen LogP contribution is -2.58. The zero-order chi connectivity index (χ0) is 30.8. The van der Waals surface area contributed by atoms with E-state index >= 15 is 0 Å². The maximum atomic E-state index is 7.25. The third kappa shape index (κ3) is 4.88. The normalized spacial score (nSPS) is 25.8. The van der Waals surface area contributed by atoms with Gasteiger partial charge in [0.1, 0.15) is 34.4 Å². The monoisotopic (exact) mass is 589 g/mol. The Balaban J connectivity index is 0.000000480. The average Bonchev–Trinajstić information content (AvgIpc) is 3.71. The zero-order valence-electron chi connectivity index (χ0n) is 25.5. The van der Waals surface area contributed by atoms with Crippen LogP contribution in [-0.4, -0.2) is 59.5 Å². The standard InChI is InChI=1S/C30H30N2O4.C3H9NO.O2/c1-33-21-13-11-20(12-14-21)30-23(18-7-5-4-6-8-18)17-26-29(30,32-28(31-26)19-9-10-19)27-24(35-3)15-22(34-2)16-25(27)36-30;1-4(2)5-3;1-2/h4-8,11-16,19,23,26H,9-10,17H2,1-3H3,(H,31,32);1-3H3;/t23?,26?,29-,30?;;/m1../s1. The molecule has 4 aliphatic rings. The largest absolute Gasteiger partial charge is 0.497 e. The van der Waals surface area contributed by atoms with Gasteiger partial charge in [-0.25, -0.2) is 0 Å². The first-order valence-corrected chi connectivity index (χ1v) is 14.3. The molecule has 0 bridgehead atoms. The van der Waals surface area contributed by atoms with Gasteiger partial charge in [-0.05, 0) is 42.5 Å². The Labute approximate surface area is 252 Å². The van der Waals surface area contributed by atoms with Crippen molar-refractivity contribution in [3.8, 4) is 23.0 Å². The van der Waals surface area contributed by atoms with Crippen LogP contribution in [-0.2, 0) is 16.0 Å². The Morgan fingerprint density at radius 2 is 1.53 bits per heavy atom. The molecule has 10 nitrogen and oxygen atoms in total. The van der Waals surface area contributed by atoms with Crippen LogP contribution in [0.15, 0.2) is 71.7 Å². The van der Waals surface area contributed by atoms with Crippen LogP contribution in [0.1, 0.15) is 41.9 Å². The number of rotatable bonds is 7. The third-order valence-electron chi connectivity index (χ3n) is 8.87. The quantitative estimate of drug-likeness (QED) is 0.366. The van der Waals surface area contributed by atoms with Crippen molar-refractivity contribution < 1.29 is 23.8 Å². The van der Waals surface area contributed by atoms with Gasteiger partial charge < -0.3 is 29.1 Å². The zero-order valence-corrected chi connectivity index (χ0v) is 25.5. The highest BCUT2D eigenvalue weighted by atomic mass is 16.7. The van der Waals surface area contributed by atoms with Gasteiger partial charge in [0.15, 0.2) is 5.60 Å². The molecule has 0 aromatic heterocycles. The average molecular weight is 590 g/mol. The van der Waals surface area contributed by atoms with Crippen LogP contribution in [0.4, 0.5) is 0 Å². The number of aliphatic imine (C=N–C) groups is 1. The van der Waals surface area contributed by atoms with Crippen LogP contribution in [0.2, 0.25) is 0 Å². The van der Waals surface area contributed by atoms with E-state index < -0.39 is 11.1 Å². The molecule has 2 fully saturated rings. The number of hydroxylamine groups is 2. The second-order valence-corrected chi connectivity index (χ2v) is 11.2. The molecular weight excluding hydrogens is 550 g/mol. The summed E-state index contributed by atoms with van der Waals surface area (Å²) in [6, 6.07) is 23.0. The van der Waals surface area contributed by atoms with Crippen molar-refractivity contribution in [2.75, 3.05) is 42.5 Å². The summed E-state index contributed by atoms with van der Waals surface area (Å²) in [5.41, 5.74) is 2.02. The molecular formula is C33H39N3O7. The first-order valence-electron chi connectivity index (χ1n) is 14.3. The van der Waals surface area contributed by atoms with Gasteiger partial charge in [-0.2, -0.15) is 5.06 Å². The van der Waals surface area contributed by atoms with Crippen LogP contribution in [0.5, 0.6) is 23.0 Å². The van der Waals surface area contributed by atoms with Gasteiger partial charge in [0, 0.05) is 48.0 Å². The van der Waals surface area contributed by atoms with E-state index in [-0.39, 0.29) is 12.0 Å². The molecule has 3 aromatic rings. The fraction of sp³-hybridized carbons (Fsp3) is 0.424. The molecule has 1 spiro atoms. The molecule has 1 N–H and O–H groups in total. The Hall–Kier alpha value is -4.15. The lowest BCUT2D eigenvalue weighted by atomic mass is 9.69. The molecule has 10 heteroatoms. The molecule has 2 aliphatic carbocycles. The maximum Gasteiger partial charge on any atom is 0.170 e. The number of nitrogens with zero attached hydrogens (tertiary/aromatic N) is 2. The van der Waals surface area contributed by atoms with Gasteiger partial charge in [0.2, 0.25) is 0 Å². The lowest BCUT2D eigenvalue weighted by Gasteiger charge is -2.43. The highest BCUT2D eigenvalue weighted by Gasteiger charge is 2.76. The third-order valence-corrected chi connectivity index (χ3v) is 8.87. The summed E-state index contributed by atoms with van der Waals surface area (Å²) >= 11 is 0. The van der Waals surface area contributed by atoms with Crippen LogP contribution in [0.25, 0.3) is 0 Å². The van der Waals surface area contributed by atoms with E-state index in [4.69, 9.17) is 33.9 Å². The van der Waals surface area contributed by atoms with Gasteiger partial charge in [-0.3, -0.25) is 4.99 Å². The van der Waals surface area contributed by atoms with Crippen LogP contribution < -0.4 is 24.3 Å². The number of amidine groups is 1. The first-order chi connectivity index (χ1) is 20.9. The molecule has 3 aromatic carbocycles. The summed E-state index contributed by atoms with van der Waals surface area (Å²) in [4.78, 5) is 23.9. The molecule has 2 aliphatic heterocycles. The van der Waals surface area contributed by atoms with Gasteiger partial charge in [0.25, 0.3) is 0 Å². The van der Waals surface area contributed by atoms with Crippen LogP contribution in [0, 0.1) is 15.8 Å². The van der Waals surface area contributed by atoms with Crippen molar-refractivity contribution in [3.05, 3.63) is 93.3 Å². The molecule has 7 rings (SSSR count). The first kappa shape index (κ1) is 30.3. The summed E-state index contributed by atoms with van der Waals surface area (Å²) in [5, 5.41) is 5.62. The predicted molar refractivity (Wildman–Crippen MR) is 165 cm³/mol. The number of nitrogens with one attached hydrogen (secondary N) is 1. The van der Waals surface area contributed by atoms with Gasteiger partial charge in [0.05, 0.1) is 40.0 Å². The van der Waals surface area contributed by atoms with Crippen LogP contribution >= 0.6 is 0 Å². The number of benzene rings is 3. The number of hydrogen-bond acceptors (Lipinski definition) is 10. The summed E-state index contributed by atoms with van der Waals surface area (Å²) in [5.74, 6) is 4.75. The van der Waals surface area contributed by atoms with Gasteiger partial charge >= 0.3 is 0 Å². The number of fused-ring (bicyclic) bond motifs is 1. The molecule has 4 atom stereocenters. The van der Waals surface area contributed by atoms with E-state index in [1.807, 2.05) is 38.4 Å².